The fourth-order valence-corrected chi connectivity index (χ4v) is 5.23. The average Bonchev–Trinajstić information content (AvgIpc) is 2.82. The molecule has 2 heterocycles. The normalized spacial score (nSPS) is 24.4. The number of anilines is 1. The van der Waals surface area contributed by atoms with E-state index in [1.165, 1.54) is 11.3 Å². The number of sulfone groups is 1. The van der Waals surface area contributed by atoms with Crippen LogP contribution in [0.25, 0.3) is 0 Å². The number of fused-ring (bicyclic) bond motifs is 1. The summed E-state index contributed by atoms with van der Waals surface area (Å²) in [4.78, 5) is 19.7. The van der Waals surface area contributed by atoms with Crippen LogP contribution in [0.4, 0.5) is 9.93 Å². The van der Waals surface area contributed by atoms with Crippen molar-refractivity contribution in [2.45, 2.75) is 44.3 Å². The summed E-state index contributed by atoms with van der Waals surface area (Å²) in [5.41, 5.74) is 1.11. The molecule has 1 N–H and O–H groups in total. The molecule has 8 heteroatoms. The third-order valence-electron chi connectivity index (χ3n) is 4.41. The van der Waals surface area contributed by atoms with Crippen LogP contribution in [0.1, 0.15) is 36.8 Å². The van der Waals surface area contributed by atoms with Crippen molar-refractivity contribution in [1.29, 1.82) is 0 Å². The Kier molecular flexibility index (Phi) is 4.40. The summed E-state index contributed by atoms with van der Waals surface area (Å²) in [5, 5.41) is 3.10. The van der Waals surface area contributed by atoms with Crippen LogP contribution in [0.2, 0.25) is 0 Å². The predicted molar refractivity (Wildman–Crippen MR) is 87.2 cm³/mol. The zero-order valence-corrected chi connectivity index (χ0v) is 14.3. The second-order valence-electron chi connectivity index (χ2n) is 5.98. The molecule has 1 fully saturated rings. The van der Waals surface area contributed by atoms with Crippen LogP contribution in [-0.2, 0) is 22.7 Å². The quantitative estimate of drug-likeness (QED) is 0.846. The summed E-state index contributed by atoms with van der Waals surface area (Å²) in [6, 6.07) is -0.240. The Morgan fingerprint density at radius 3 is 2.86 bits per heavy atom. The molecule has 122 valence electrons. The first kappa shape index (κ1) is 15.7. The molecule has 0 saturated carbocycles. The molecule has 2 aliphatic rings. The van der Waals surface area contributed by atoms with E-state index in [-0.39, 0.29) is 23.6 Å². The molecule has 3 rings (SSSR count). The van der Waals surface area contributed by atoms with Crippen molar-refractivity contribution in [3.63, 3.8) is 0 Å². The van der Waals surface area contributed by atoms with Gasteiger partial charge >= 0.3 is 6.03 Å². The van der Waals surface area contributed by atoms with E-state index in [0.717, 1.165) is 25.0 Å². The van der Waals surface area contributed by atoms with Gasteiger partial charge in [0.2, 0.25) is 0 Å². The molecule has 1 aliphatic carbocycles. The Hall–Kier alpha value is -1.15. The van der Waals surface area contributed by atoms with Gasteiger partial charge in [-0.25, -0.2) is 18.2 Å². The van der Waals surface area contributed by atoms with E-state index in [0.29, 0.717) is 18.1 Å². The van der Waals surface area contributed by atoms with E-state index < -0.39 is 9.84 Å². The summed E-state index contributed by atoms with van der Waals surface area (Å²) in [6.07, 6.45) is 4.87. The van der Waals surface area contributed by atoms with Crippen molar-refractivity contribution >= 4 is 32.3 Å². The van der Waals surface area contributed by atoms with E-state index in [4.69, 9.17) is 0 Å². The van der Waals surface area contributed by atoms with E-state index in [2.05, 4.69) is 10.3 Å². The zero-order chi connectivity index (χ0) is 15.7. The van der Waals surface area contributed by atoms with E-state index in [9.17, 15) is 13.2 Å². The zero-order valence-electron chi connectivity index (χ0n) is 12.7. The highest BCUT2D eigenvalue weighted by Gasteiger charge is 2.28. The highest BCUT2D eigenvalue weighted by atomic mass is 32.2. The number of nitrogens with zero attached hydrogens (tertiary/aromatic N) is 2. The minimum atomic E-state index is -3.07. The van der Waals surface area contributed by atoms with E-state index in [1.54, 1.807) is 23.2 Å². The van der Waals surface area contributed by atoms with Gasteiger partial charge in [-0.2, -0.15) is 0 Å². The van der Waals surface area contributed by atoms with Gasteiger partial charge in [-0.15, -0.1) is 11.3 Å². The van der Waals surface area contributed by atoms with Gasteiger partial charge in [0.1, 0.15) is 0 Å². The standard InChI is InChI=1S/C14H21N3O3S2/c1-10-6-7-17(8-9-22(10,19)20)14(18)16-13-15-11-4-2-3-5-12(11)21-13/h10H,2-9H2,1H3,(H,15,16,18). The molecular formula is C14H21N3O3S2. The molecule has 1 aliphatic heterocycles. The first-order chi connectivity index (χ1) is 10.5. The molecule has 1 aromatic rings. The average molecular weight is 343 g/mol. The van der Waals surface area contributed by atoms with Gasteiger partial charge in [-0.05, 0) is 39.0 Å². The van der Waals surface area contributed by atoms with E-state index in [1.807, 2.05) is 0 Å². The Morgan fingerprint density at radius 1 is 1.32 bits per heavy atom. The number of hydrogen-bond donors (Lipinski definition) is 1. The van der Waals surface area contributed by atoms with Crippen molar-refractivity contribution in [2.75, 3.05) is 24.2 Å². The van der Waals surface area contributed by atoms with Crippen LogP contribution in [0.3, 0.4) is 0 Å². The maximum absolute atomic E-state index is 12.3. The third kappa shape index (κ3) is 3.27. The summed E-state index contributed by atoms with van der Waals surface area (Å²) >= 11 is 1.55. The van der Waals surface area contributed by atoms with Crippen LogP contribution in [0.15, 0.2) is 0 Å². The molecule has 1 saturated heterocycles. The first-order valence-electron chi connectivity index (χ1n) is 7.72. The highest BCUT2D eigenvalue weighted by Crippen LogP contribution is 2.29. The molecule has 0 spiro atoms. The van der Waals surface area contributed by atoms with Gasteiger partial charge in [-0.1, -0.05) is 0 Å². The number of hydrogen-bond acceptors (Lipinski definition) is 5. The van der Waals surface area contributed by atoms with Crippen molar-refractivity contribution in [2.24, 2.45) is 0 Å². The first-order valence-corrected chi connectivity index (χ1v) is 10.2. The lowest BCUT2D eigenvalue weighted by atomic mass is 10.0. The molecule has 2 amide bonds. The topological polar surface area (TPSA) is 79.4 Å². The van der Waals surface area contributed by atoms with Crippen LogP contribution in [0.5, 0.6) is 0 Å². The monoisotopic (exact) mass is 343 g/mol. The van der Waals surface area contributed by atoms with Crippen LogP contribution >= 0.6 is 11.3 Å². The Bertz CT molecular complexity index is 645. The lowest BCUT2D eigenvalue weighted by molar-refractivity contribution is 0.215. The number of aromatic nitrogens is 1. The predicted octanol–water partition coefficient (Wildman–Crippen LogP) is 2.06. The number of carbonyl (C=O) groups is 1. The van der Waals surface area contributed by atoms with Gasteiger partial charge in [0.05, 0.1) is 16.7 Å². The molecule has 1 aromatic heterocycles. The van der Waals surface area contributed by atoms with Gasteiger partial charge in [-0.3, -0.25) is 5.32 Å². The number of rotatable bonds is 1. The highest BCUT2D eigenvalue weighted by molar-refractivity contribution is 7.92. The second-order valence-corrected chi connectivity index (χ2v) is 9.60. The Balaban J connectivity index is 1.65. The van der Waals surface area contributed by atoms with Crippen molar-refractivity contribution in [3.05, 3.63) is 10.6 Å². The lowest BCUT2D eigenvalue weighted by Crippen LogP contribution is -2.37. The molecule has 0 aromatic carbocycles. The number of aryl methyl sites for hydroxylation is 2. The second kappa shape index (κ2) is 6.16. The van der Waals surface area contributed by atoms with Crippen molar-refractivity contribution < 1.29 is 13.2 Å². The van der Waals surface area contributed by atoms with Crippen molar-refractivity contribution in [3.8, 4) is 0 Å². The number of carbonyl (C=O) groups excluding carboxylic acids is 1. The van der Waals surface area contributed by atoms with Crippen molar-refractivity contribution in [1.82, 2.24) is 9.88 Å². The summed E-state index contributed by atoms with van der Waals surface area (Å²) in [7, 11) is -3.07. The molecule has 1 unspecified atom stereocenters. The SMILES string of the molecule is CC1CCN(C(=O)Nc2nc3c(s2)CCCC3)CCS1(=O)=O. The maximum Gasteiger partial charge on any atom is 0.323 e. The van der Waals surface area contributed by atoms with Crippen LogP contribution in [-0.4, -0.2) is 48.4 Å². The van der Waals surface area contributed by atoms with Gasteiger partial charge in [0.15, 0.2) is 15.0 Å². The summed E-state index contributed by atoms with van der Waals surface area (Å²) in [5.74, 6) is 0.0377. The molecule has 0 radical (unpaired) electrons. The fourth-order valence-electron chi connectivity index (χ4n) is 2.85. The van der Waals surface area contributed by atoms with E-state index >= 15 is 0 Å². The number of nitrogens with one attached hydrogen (secondary N) is 1. The molecule has 6 nitrogen and oxygen atoms in total. The number of urea groups is 1. The summed E-state index contributed by atoms with van der Waals surface area (Å²) < 4.78 is 23.8. The lowest BCUT2D eigenvalue weighted by Gasteiger charge is -2.19. The Labute approximate surface area is 134 Å². The van der Waals surface area contributed by atoms with Gasteiger partial charge in [0.25, 0.3) is 0 Å². The van der Waals surface area contributed by atoms with Gasteiger partial charge < -0.3 is 4.90 Å². The smallest absolute Gasteiger partial charge is 0.323 e. The fraction of sp³-hybridized carbons (Fsp3) is 0.714. The Morgan fingerprint density at radius 2 is 2.09 bits per heavy atom. The minimum Gasteiger partial charge on any atom is -0.323 e. The maximum atomic E-state index is 12.3. The molecule has 22 heavy (non-hydrogen) atoms. The van der Waals surface area contributed by atoms with Crippen LogP contribution < -0.4 is 5.32 Å². The molecule has 1 atom stereocenters. The molecular weight excluding hydrogens is 322 g/mol. The number of amides is 2. The number of thiazole rings is 1. The van der Waals surface area contributed by atoms with Gasteiger partial charge in [0, 0.05) is 18.0 Å². The molecule has 0 bridgehead atoms. The third-order valence-corrected chi connectivity index (χ3v) is 7.70. The largest absolute Gasteiger partial charge is 0.323 e. The van der Waals surface area contributed by atoms with Crippen LogP contribution in [0, 0.1) is 0 Å². The minimum absolute atomic E-state index is 0.0377. The summed E-state index contributed by atoms with van der Waals surface area (Å²) in [6.45, 7) is 2.44.